The second kappa shape index (κ2) is 4.97. The Balaban J connectivity index is 2.30. The molecular formula is C13H14N4O5. The quantitative estimate of drug-likeness (QED) is 0.440. The Morgan fingerprint density at radius 3 is 2.64 bits per heavy atom. The third-order valence-corrected chi connectivity index (χ3v) is 3.62. The minimum absolute atomic E-state index is 0.00275. The first-order chi connectivity index (χ1) is 10.4. The number of benzene rings is 1. The first-order valence-corrected chi connectivity index (χ1v) is 6.53. The van der Waals surface area contributed by atoms with Gasteiger partial charge in [-0.15, -0.1) is 10.2 Å². The first-order valence-electron chi connectivity index (χ1n) is 6.53. The molecule has 1 aromatic heterocycles. The number of aromatic hydroxyl groups is 2. The molecule has 1 aromatic carbocycles. The Labute approximate surface area is 124 Å². The van der Waals surface area contributed by atoms with E-state index in [-0.39, 0.29) is 41.7 Å². The third kappa shape index (κ3) is 2.16. The fourth-order valence-electron chi connectivity index (χ4n) is 2.60. The number of aromatic nitrogens is 3. The van der Waals surface area contributed by atoms with E-state index >= 15 is 0 Å². The van der Waals surface area contributed by atoms with E-state index in [2.05, 4.69) is 10.2 Å². The van der Waals surface area contributed by atoms with Crippen LogP contribution in [-0.2, 0) is 13.0 Å². The summed E-state index contributed by atoms with van der Waals surface area (Å²) >= 11 is 0. The fourth-order valence-corrected chi connectivity index (χ4v) is 2.60. The average Bonchev–Trinajstić information content (AvgIpc) is 2.80. The van der Waals surface area contributed by atoms with Crippen LogP contribution >= 0.6 is 0 Å². The van der Waals surface area contributed by atoms with Gasteiger partial charge in [0.1, 0.15) is 11.5 Å². The highest BCUT2D eigenvalue weighted by Crippen LogP contribution is 2.37. The van der Waals surface area contributed by atoms with Gasteiger partial charge in [0.25, 0.3) is 5.91 Å². The van der Waals surface area contributed by atoms with Gasteiger partial charge >= 0.3 is 0 Å². The van der Waals surface area contributed by atoms with Crippen LogP contribution in [-0.4, -0.2) is 53.3 Å². The van der Waals surface area contributed by atoms with Crippen molar-refractivity contribution < 1.29 is 25.2 Å². The van der Waals surface area contributed by atoms with Crippen LogP contribution < -0.4 is 5.73 Å². The van der Waals surface area contributed by atoms with Crippen LogP contribution in [0.2, 0.25) is 0 Å². The van der Waals surface area contributed by atoms with Crippen molar-refractivity contribution in [3.63, 3.8) is 0 Å². The number of aliphatic hydroxyl groups is 2. The monoisotopic (exact) mass is 306 g/mol. The summed E-state index contributed by atoms with van der Waals surface area (Å²) in [5, 5.41) is 47.3. The van der Waals surface area contributed by atoms with E-state index in [1.165, 1.54) is 10.6 Å². The van der Waals surface area contributed by atoms with Crippen LogP contribution in [0.5, 0.6) is 11.5 Å². The van der Waals surface area contributed by atoms with Crippen molar-refractivity contribution >= 4 is 5.91 Å². The SMILES string of the molecule is NC(=O)c1nnc2n1CC(O)C(O)Cc1cc(O)cc(O)c1-2. The van der Waals surface area contributed by atoms with Crippen molar-refractivity contribution in [2.45, 2.75) is 25.2 Å². The number of nitrogens with two attached hydrogens (primary N) is 1. The fraction of sp³-hybridized carbons (Fsp3) is 0.308. The molecule has 0 radical (unpaired) electrons. The number of hydrogen-bond donors (Lipinski definition) is 5. The van der Waals surface area contributed by atoms with Gasteiger partial charge in [0.05, 0.1) is 24.3 Å². The number of phenolic OH excluding ortho intramolecular Hbond substituents is 2. The maximum atomic E-state index is 11.4. The second-order valence-electron chi connectivity index (χ2n) is 5.16. The van der Waals surface area contributed by atoms with Gasteiger partial charge in [-0.05, 0) is 11.6 Å². The molecule has 0 saturated heterocycles. The van der Waals surface area contributed by atoms with E-state index < -0.39 is 18.1 Å². The van der Waals surface area contributed by atoms with Gasteiger partial charge < -0.3 is 30.7 Å². The molecule has 0 aliphatic carbocycles. The summed E-state index contributed by atoms with van der Waals surface area (Å²) in [4.78, 5) is 11.4. The van der Waals surface area contributed by atoms with Gasteiger partial charge in [0.2, 0.25) is 5.82 Å². The molecule has 2 heterocycles. The Hall–Kier alpha value is -2.65. The normalized spacial score (nSPS) is 20.6. The molecule has 0 fully saturated rings. The third-order valence-electron chi connectivity index (χ3n) is 3.62. The lowest BCUT2D eigenvalue weighted by Gasteiger charge is -2.24. The van der Waals surface area contributed by atoms with Crippen molar-refractivity contribution in [3.8, 4) is 22.9 Å². The molecule has 9 nitrogen and oxygen atoms in total. The molecule has 1 aliphatic heterocycles. The molecule has 0 spiro atoms. The van der Waals surface area contributed by atoms with Crippen LogP contribution in [0, 0.1) is 0 Å². The van der Waals surface area contributed by atoms with Gasteiger partial charge in [-0.25, -0.2) is 0 Å². The van der Waals surface area contributed by atoms with Crippen molar-refractivity contribution in [1.82, 2.24) is 14.8 Å². The number of primary amides is 1. The molecule has 116 valence electrons. The Kier molecular flexibility index (Phi) is 3.23. The summed E-state index contributed by atoms with van der Waals surface area (Å²) in [5.41, 5.74) is 5.82. The van der Waals surface area contributed by atoms with Crippen LogP contribution in [0.3, 0.4) is 0 Å². The summed E-state index contributed by atoms with van der Waals surface area (Å²) in [5.74, 6) is -1.38. The standard InChI is InChI=1S/C13H14N4O5/c14-11(22)13-16-15-12-10-5(1-6(18)3-8(10)20)2-7(19)9(21)4-17(12)13/h1,3,7,9,18-21H,2,4H2,(H2,14,22). The number of hydrogen-bond acceptors (Lipinski definition) is 7. The minimum atomic E-state index is -1.19. The summed E-state index contributed by atoms with van der Waals surface area (Å²) in [6, 6.07) is 2.46. The zero-order valence-electron chi connectivity index (χ0n) is 11.3. The van der Waals surface area contributed by atoms with E-state index in [1.54, 1.807) is 0 Å². The van der Waals surface area contributed by atoms with Crippen molar-refractivity contribution in [2.24, 2.45) is 5.73 Å². The number of phenols is 2. The van der Waals surface area contributed by atoms with E-state index in [9.17, 15) is 25.2 Å². The Bertz CT molecular complexity index is 757. The predicted molar refractivity (Wildman–Crippen MR) is 73.0 cm³/mol. The van der Waals surface area contributed by atoms with E-state index in [0.29, 0.717) is 5.56 Å². The number of carbonyl (C=O) groups is 1. The summed E-state index contributed by atoms with van der Waals surface area (Å²) < 4.78 is 1.24. The average molecular weight is 306 g/mol. The van der Waals surface area contributed by atoms with Crippen LogP contribution in [0.1, 0.15) is 16.2 Å². The molecule has 3 rings (SSSR count). The van der Waals surface area contributed by atoms with Crippen LogP contribution in [0.4, 0.5) is 0 Å². The van der Waals surface area contributed by atoms with E-state index in [4.69, 9.17) is 5.73 Å². The van der Waals surface area contributed by atoms with Gasteiger partial charge in [-0.2, -0.15) is 0 Å². The highest BCUT2D eigenvalue weighted by atomic mass is 16.3. The lowest BCUT2D eigenvalue weighted by atomic mass is 9.95. The molecule has 2 aromatic rings. The minimum Gasteiger partial charge on any atom is -0.508 e. The number of carbonyl (C=O) groups excluding carboxylic acids is 1. The molecule has 6 N–H and O–H groups in total. The van der Waals surface area contributed by atoms with Crippen LogP contribution in [0.15, 0.2) is 12.1 Å². The molecule has 0 bridgehead atoms. The maximum absolute atomic E-state index is 11.4. The number of nitrogens with zero attached hydrogens (tertiary/aromatic N) is 3. The number of rotatable bonds is 1. The second-order valence-corrected chi connectivity index (χ2v) is 5.16. The van der Waals surface area contributed by atoms with Gasteiger partial charge in [0.15, 0.2) is 5.82 Å². The van der Waals surface area contributed by atoms with Crippen molar-refractivity contribution in [1.29, 1.82) is 0 Å². The van der Waals surface area contributed by atoms with Crippen molar-refractivity contribution in [2.75, 3.05) is 0 Å². The lowest BCUT2D eigenvalue weighted by Crippen LogP contribution is -2.35. The molecule has 9 heteroatoms. The topological polar surface area (TPSA) is 155 Å². The molecule has 0 saturated carbocycles. The number of fused-ring (bicyclic) bond motifs is 3. The summed E-state index contributed by atoms with van der Waals surface area (Å²) in [6.07, 6.45) is -2.35. The predicted octanol–water partition coefficient (Wildman–Crippen LogP) is -1.27. The highest BCUT2D eigenvalue weighted by molar-refractivity contribution is 5.90. The van der Waals surface area contributed by atoms with Crippen molar-refractivity contribution in [3.05, 3.63) is 23.5 Å². The Morgan fingerprint density at radius 2 is 1.95 bits per heavy atom. The zero-order valence-corrected chi connectivity index (χ0v) is 11.3. The summed E-state index contributed by atoms with van der Waals surface area (Å²) in [7, 11) is 0. The zero-order chi connectivity index (χ0) is 16.0. The summed E-state index contributed by atoms with van der Waals surface area (Å²) in [6.45, 7) is -0.151. The smallest absolute Gasteiger partial charge is 0.286 e. The van der Waals surface area contributed by atoms with E-state index in [0.717, 1.165) is 6.07 Å². The largest absolute Gasteiger partial charge is 0.508 e. The Morgan fingerprint density at radius 1 is 1.23 bits per heavy atom. The lowest BCUT2D eigenvalue weighted by molar-refractivity contribution is 0.00898. The molecule has 2 atom stereocenters. The van der Waals surface area contributed by atoms with Gasteiger partial charge in [-0.1, -0.05) is 0 Å². The molecule has 22 heavy (non-hydrogen) atoms. The van der Waals surface area contributed by atoms with E-state index in [1.807, 2.05) is 0 Å². The molecule has 1 amide bonds. The first kappa shape index (κ1) is 14.3. The molecule has 1 aliphatic rings. The number of amides is 1. The highest BCUT2D eigenvalue weighted by Gasteiger charge is 2.30. The maximum Gasteiger partial charge on any atom is 0.286 e. The number of aliphatic hydroxyl groups excluding tert-OH is 2. The van der Waals surface area contributed by atoms with Gasteiger partial charge in [-0.3, -0.25) is 4.79 Å². The molecule has 2 unspecified atom stereocenters. The van der Waals surface area contributed by atoms with Crippen LogP contribution in [0.25, 0.3) is 11.4 Å². The molecular weight excluding hydrogens is 292 g/mol. The van der Waals surface area contributed by atoms with Gasteiger partial charge in [0, 0.05) is 12.5 Å².